The van der Waals surface area contributed by atoms with Gasteiger partial charge in [0.25, 0.3) is 0 Å². The van der Waals surface area contributed by atoms with Crippen LogP contribution in [0.3, 0.4) is 0 Å². The molecule has 130 valence electrons. The first kappa shape index (κ1) is 19.4. The first-order valence-electron chi connectivity index (χ1n) is 7.61. The average molecular weight is 334 g/mol. The maximum absolute atomic E-state index is 13.1. The number of nitrogens with zero attached hydrogens (tertiary/aromatic N) is 1. The highest BCUT2D eigenvalue weighted by Crippen LogP contribution is 2.32. The molecule has 0 unspecified atom stereocenters. The number of carbonyl (C=O) groups excluding carboxylic acids is 1. The van der Waals surface area contributed by atoms with Crippen molar-refractivity contribution in [2.24, 2.45) is 0 Å². The molecule has 0 aliphatic rings. The van der Waals surface area contributed by atoms with E-state index in [0.717, 1.165) is 12.1 Å². The van der Waals surface area contributed by atoms with Crippen molar-refractivity contribution in [3.05, 3.63) is 35.1 Å². The molecular weight excluding hydrogens is 312 g/mol. The lowest BCUT2D eigenvalue weighted by molar-refractivity contribution is -0.138. The highest BCUT2D eigenvalue weighted by atomic mass is 19.4. The van der Waals surface area contributed by atoms with Gasteiger partial charge in [-0.25, -0.2) is 4.39 Å². The minimum Gasteiger partial charge on any atom is -0.351 e. The van der Waals surface area contributed by atoms with E-state index in [9.17, 15) is 22.4 Å². The Hall–Kier alpha value is -1.63. The van der Waals surface area contributed by atoms with Crippen molar-refractivity contribution in [1.29, 1.82) is 0 Å². The molecule has 0 radical (unpaired) electrons. The third-order valence-electron chi connectivity index (χ3n) is 3.77. The molecule has 0 heterocycles. The summed E-state index contributed by atoms with van der Waals surface area (Å²) in [5.41, 5.74) is -1.21. The van der Waals surface area contributed by atoms with Gasteiger partial charge in [-0.3, -0.25) is 9.69 Å². The summed E-state index contributed by atoms with van der Waals surface area (Å²) >= 11 is 0. The molecule has 7 heteroatoms. The molecule has 0 aliphatic heterocycles. The first-order chi connectivity index (χ1) is 10.7. The number of rotatable bonds is 7. The number of halogens is 4. The van der Waals surface area contributed by atoms with E-state index in [1.807, 2.05) is 25.7 Å². The molecule has 1 aromatic rings. The second kappa shape index (κ2) is 8.29. The van der Waals surface area contributed by atoms with Gasteiger partial charge in [0, 0.05) is 6.54 Å². The molecule has 0 aromatic heterocycles. The van der Waals surface area contributed by atoms with Crippen LogP contribution in [0.4, 0.5) is 17.6 Å². The molecular formula is C16H22F4N2O. The molecule has 1 aromatic carbocycles. The number of carbonyl (C=O) groups is 1. The zero-order valence-electron chi connectivity index (χ0n) is 13.5. The number of hydrogen-bond donors (Lipinski definition) is 1. The summed E-state index contributed by atoms with van der Waals surface area (Å²) in [6.07, 6.45) is -4.10. The van der Waals surface area contributed by atoms with E-state index >= 15 is 0 Å². The zero-order valence-corrected chi connectivity index (χ0v) is 13.5. The summed E-state index contributed by atoms with van der Waals surface area (Å²) in [6.45, 7) is 6.75. The van der Waals surface area contributed by atoms with Crippen LogP contribution in [0.15, 0.2) is 18.2 Å². The molecule has 1 atom stereocenters. The number of nitrogens with one attached hydrogen (secondary N) is 1. The van der Waals surface area contributed by atoms with Crippen LogP contribution >= 0.6 is 0 Å². The van der Waals surface area contributed by atoms with Crippen LogP contribution < -0.4 is 5.32 Å². The van der Waals surface area contributed by atoms with Crippen molar-refractivity contribution in [1.82, 2.24) is 10.2 Å². The van der Waals surface area contributed by atoms with Crippen molar-refractivity contribution in [2.45, 2.75) is 46.0 Å². The van der Waals surface area contributed by atoms with Gasteiger partial charge in [-0.2, -0.15) is 13.2 Å². The molecule has 0 saturated heterocycles. The van der Waals surface area contributed by atoms with Gasteiger partial charge in [-0.15, -0.1) is 0 Å². The summed E-state index contributed by atoms with van der Waals surface area (Å²) in [4.78, 5) is 14.2. The van der Waals surface area contributed by atoms with Crippen LogP contribution in [0.5, 0.6) is 0 Å². The molecule has 1 amide bonds. The van der Waals surface area contributed by atoms with E-state index in [4.69, 9.17) is 0 Å². The zero-order chi connectivity index (χ0) is 17.6. The Balaban J connectivity index is 2.87. The van der Waals surface area contributed by atoms with Crippen molar-refractivity contribution in [3.8, 4) is 0 Å². The van der Waals surface area contributed by atoms with Crippen LogP contribution in [0, 0.1) is 5.82 Å². The van der Waals surface area contributed by atoms with Crippen LogP contribution in [-0.4, -0.2) is 29.9 Å². The smallest absolute Gasteiger partial charge is 0.351 e. The summed E-state index contributed by atoms with van der Waals surface area (Å²) in [7, 11) is 0. The summed E-state index contributed by atoms with van der Waals surface area (Å²) < 4.78 is 51.8. The summed E-state index contributed by atoms with van der Waals surface area (Å²) in [6, 6.07) is 2.07. The molecule has 0 fully saturated rings. The minimum atomic E-state index is -4.66. The minimum absolute atomic E-state index is 0.151. The fourth-order valence-electron chi connectivity index (χ4n) is 2.54. The highest BCUT2D eigenvalue weighted by Gasteiger charge is 2.34. The molecule has 0 saturated carbocycles. The van der Waals surface area contributed by atoms with Gasteiger partial charge >= 0.3 is 6.18 Å². The molecule has 0 aliphatic carbocycles. The molecule has 1 N–H and O–H groups in total. The van der Waals surface area contributed by atoms with Crippen LogP contribution in [0.2, 0.25) is 0 Å². The molecule has 3 nitrogen and oxygen atoms in total. The topological polar surface area (TPSA) is 32.3 Å². The summed E-state index contributed by atoms with van der Waals surface area (Å²) in [5, 5.41) is 2.53. The fraction of sp³-hybridized carbons (Fsp3) is 0.562. The Labute approximate surface area is 133 Å². The van der Waals surface area contributed by atoms with Gasteiger partial charge in [-0.05, 0) is 37.2 Å². The predicted molar refractivity (Wildman–Crippen MR) is 80.2 cm³/mol. The Bertz CT molecular complexity index is 527. The SMILES string of the molecule is CC[C@@H](C(=O)NCc1ccc(F)cc1C(F)(F)F)N(CC)CC. The number of amides is 1. The van der Waals surface area contributed by atoms with Crippen LogP contribution in [0.1, 0.15) is 38.3 Å². The Kier molecular flexibility index (Phi) is 7.00. The number of benzene rings is 1. The fourth-order valence-corrected chi connectivity index (χ4v) is 2.54. The second-order valence-electron chi connectivity index (χ2n) is 5.16. The van der Waals surface area contributed by atoms with Crippen LogP contribution in [0.25, 0.3) is 0 Å². The predicted octanol–water partition coefficient (Wildman–Crippen LogP) is 3.58. The van der Waals surface area contributed by atoms with Crippen molar-refractivity contribution in [2.75, 3.05) is 13.1 Å². The Morgan fingerprint density at radius 2 is 1.83 bits per heavy atom. The van der Waals surface area contributed by atoms with Gasteiger partial charge in [0.2, 0.25) is 5.91 Å². The number of alkyl halides is 3. The van der Waals surface area contributed by atoms with E-state index in [-0.39, 0.29) is 24.1 Å². The third-order valence-corrected chi connectivity index (χ3v) is 3.77. The largest absolute Gasteiger partial charge is 0.416 e. The third kappa shape index (κ3) is 5.20. The number of likely N-dealkylation sites (N-methyl/N-ethyl adjacent to an activating group) is 1. The Morgan fingerprint density at radius 1 is 1.22 bits per heavy atom. The summed E-state index contributed by atoms with van der Waals surface area (Å²) in [5.74, 6) is -1.28. The lowest BCUT2D eigenvalue weighted by atomic mass is 10.1. The van der Waals surface area contributed by atoms with Gasteiger partial charge in [0.05, 0.1) is 11.6 Å². The van der Waals surface area contributed by atoms with E-state index < -0.39 is 17.6 Å². The van der Waals surface area contributed by atoms with Gasteiger partial charge in [0.15, 0.2) is 0 Å². The van der Waals surface area contributed by atoms with Gasteiger partial charge in [-0.1, -0.05) is 26.8 Å². The highest BCUT2D eigenvalue weighted by molar-refractivity contribution is 5.81. The van der Waals surface area contributed by atoms with Gasteiger partial charge in [0.1, 0.15) is 5.82 Å². The molecule has 23 heavy (non-hydrogen) atoms. The Morgan fingerprint density at radius 3 is 2.30 bits per heavy atom. The second-order valence-corrected chi connectivity index (χ2v) is 5.16. The van der Waals surface area contributed by atoms with E-state index in [1.165, 1.54) is 0 Å². The number of hydrogen-bond acceptors (Lipinski definition) is 2. The monoisotopic (exact) mass is 334 g/mol. The van der Waals surface area contributed by atoms with E-state index in [0.29, 0.717) is 25.6 Å². The van der Waals surface area contributed by atoms with Crippen LogP contribution in [-0.2, 0) is 17.5 Å². The lowest BCUT2D eigenvalue weighted by Gasteiger charge is -2.27. The lowest BCUT2D eigenvalue weighted by Crippen LogP contribution is -2.46. The normalized spacial score (nSPS) is 13.2. The van der Waals surface area contributed by atoms with Gasteiger partial charge < -0.3 is 5.32 Å². The maximum Gasteiger partial charge on any atom is 0.416 e. The average Bonchev–Trinajstić information content (AvgIpc) is 2.49. The van der Waals surface area contributed by atoms with Crippen molar-refractivity contribution in [3.63, 3.8) is 0 Å². The molecule has 0 spiro atoms. The van der Waals surface area contributed by atoms with E-state index in [1.54, 1.807) is 0 Å². The quantitative estimate of drug-likeness (QED) is 0.773. The standard InChI is InChI=1S/C16H22F4N2O/c1-4-14(22(5-2)6-3)15(23)21-10-11-7-8-12(17)9-13(11)16(18,19)20/h7-9,14H,4-6,10H2,1-3H3,(H,21,23)/t14-/m0/s1. The van der Waals surface area contributed by atoms with E-state index in [2.05, 4.69) is 5.32 Å². The maximum atomic E-state index is 13.1. The molecule has 0 bridgehead atoms. The molecule has 1 rings (SSSR count). The van der Waals surface area contributed by atoms with Crippen molar-refractivity contribution >= 4 is 5.91 Å². The first-order valence-corrected chi connectivity index (χ1v) is 7.61. The van der Waals surface area contributed by atoms with Crippen molar-refractivity contribution < 1.29 is 22.4 Å².